The molecule has 0 aromatic carbocycles. The summed E-state index contributed by atoms with van der Waals surface area (Å²) in [6.45, 7) is 0. The highest BCUT2D eigenvalue weighted by atomic mass is 32.3. The predicted octanol–water partition coefficient (Wildman–Crippen LogP) is 0.0783. The van der Waals surface area contributed by atoms with Crippen molar-refractivity contribution in [2.45, 2.75) is 5.03 Å². The molecule has 0 aliphatic rings. The monoisotopic (exact) mass is 164 g/mol. The third kappa shape index (κ3) is 1.15. The van der Waals surface area contributed by atoms with E-state index in [1.54, 1.807) is 0 Å². The fourth-order valence-corrected chi connectivity index (χ4v) is 1.19. The molecule has 0 unspecified atom stereocenters. The van der Waals surface area contributed by atoms with Crippen molar-refractivity contribution in [2.24, 2.45) is 7.05 Å². The van der Waals surface area contributed by atoms with Gasteiger partial charge in [0.15, 0.2) is 5.03 Å². The van der Waals surface area contributed by atoms with Gasteiger partial charge in [0, 0.05) is 7.05 Å². The Labute approximate surface area is 57.5 Å². The van der Waals surface area contributed by atoms with E-state index in [-0.39, 0.29) is 0 Å². The quantitative estimate of drug-likeness (QED) is 0.552. The van der Waals surface area contributed by atoms with Crippen LogP contribution in [0.25, 0.3) is 0 Å². The summed E-state index contributed by atoms with van der Waals surface area (Å²) in [4.78, 5) is 0. The molecule has 0 aliphatic carbocycles. The highest BCUT2D eigenvalue weighted by molar-refractivity contribution is 7.86. The van der Waals surface area contributed by atoms with E-state index >= 15 is 0 Å². The molecule has 10 heavy (non-hydrogen) atoms. The number of hydrogen-bond donors (Lipinski definition) is 0. The van der Waals surface area contributed by atoms with E-state index in [1.807, 2.05) is 0 Å². The molecule has 0 spiro atoms. The number of aromatic nitrogens is 2. The Morgan fingerprint density at radius 1 is 1.70 bits per heavy atom. The minimum atomic E-state index is -4.59. The van der Waals surface area contributed by atoms with Crippen LogP contribution in [0.5, 0.6) is 0 Å². The van der Waals surface area contributed by atoms with E-state index in [9.17, 15) is 12.3 Å². The molecule has 0 radical (unpaired) electrons. The van der Waals surface area contributed by atoms with Gasteiger partial charge in [-0.25, -0.2) is 0 Å². The highest BCUT2D eigenvalue weighted by Gasteiger charge is 2.14. The van der Waals surface area contributed by atoms with Crippen molar-refractivity contribution in [3.63, 3.8) is 0 Å². The van der Waals surface area contributed by atoms with Crippen molar-refractivity contribution in [1.29, 1.82) is 0 Å². The van der Waals surface area contributed by atoms with Crippen LogP contribution in [0.1, 0.15) is 0 Å². The Bertz CT molecular complexity index is 329. The third-order valence-corrected chi connectivity index (χ3v) is 1.93. The number of halogens is 1. The van der Waals surface area contributed by atoms with Gasteiger partial charge in [-0.1, -0.05) is 3.89 Å². The lowest BCUT2D eigenvalue weighted by Crippen LogP contribution is -2.01. The number of nitrogens with zero attached hydrogens (tertiary/aromatic N) is 2. The SMILES string of the molecule is Cn1nccc1S(=O)(=O)F. The van der Waals surface area contributed by atoms with Crippen molar-refractivity contribution >= 4 is 10.2 Å². The van der Waals surface area contributed by atoms with E-state index < -0.39 is 15.2 Å². The first-order valence-corrected chi connectivity index (χ1v) is 3.83. The lowest BCUT2D eigenvalue weighted by Gasteiger charge is -1.92. The molecule has 0 atom stereocenters. The first-order chi connectivity index (χ1) is 4.52. The number of hydrogen-bond acceptors (Lipinski definition) is 3. The van der Waals surface area contributed by atoms with Crippen LogP contribution in [0.15, 0.2) is 17.3 Å². The Morgan fingerprint density at radius 2 is 2.30 bits per heavy atom. The van der Waals surface area contributed by atoms with Gasteiger partial charge in [0.05, 0.1) is 6.20 Å². The summed E-state index contributed by atoms with van der Waals surface area (Å²) >= 11 is 0. The van der Waals surface area contributed by atoms with Gasteiger partial charge >= 0.3 is 10.2 Å². The molecular weight excluding hydrogens is 159 g/mol. The molecule has 0 bridgehead atoms. The third-order valence-electron chi connectivity index (χ3n) is 1.03. The normalized spacial score (nSPS) is 11.8. The van der Waals surface area contributed by atoms with Gasteiger partial charge in [0.1, 0.15) is 0 Å². The van der Waals surface area contributed by atoms with Gasteiger partial charge < -0.3 is 0 Å². The molecule has 0 fully saturated rings. The molecule has 0 aliphatic heterocycles. The number of rotatable bonds is 1. The molecule has 1 aromatic heterocycles. The van der Waals surface area contributed by atoms with Crippen LogP contribution in [0.4, 0.5) is 3.89 Å². The van der Waals surface area contributed by atoms with Crippen LogP contribution in [-0.2, 0) is 17.3 Å². The van der Waals surface area contributed by atoms with Crippen molar-refractivity contribution < 1.29 is 12.3 Å². The second-order valence-corrected chi connectivity index (χ2v) is 3.02. The van der Waals surface area contributed by atoms with E-state index in [0.717, 1.165) is 10.7 Å². The second kappa shape index (κ2) is 2.05. The summed E-state index contributed by atoms with van der Waals surface area (Å²) in [6, 6.07) is 1.09. The maximum atomic E-state index is 12.1. The zero-order chi connectivity index (χ0) is 7.78. The largest absolute Gasteiger partial charge is 0.349 e. The summed E-state index contributed by atoms with van der Waals surface area (Å²) in [5.74, 6) is 0. The van der Waals surface area contributed by atoms with Gasteiger partial charge in [-0.05, 0) is 6.07 Å². The van der Waals surface area contributed by atoms with Gasteiger partial charge in [-0.2, -0.15) is 13.5 Å². The summed E-state index contributed by atoms with van der Waals surface area (Å²) in [5, 5.41) is 3.06. The average molecular weight is 164 g/mol. The fraction of sp³-hybridized carbons (Fsp3) is 0.250. The van der Waals surface area contributed by atoms with Crippen molar-refractivity contribution in [3.05, 3.63) is 12.3 Å². The van der Waals surface area contributed by atoms with E-state index in [0.29, 0.717) is 0 Å². The Balaban J connectivity index is 3.32. The standard InChI is InChI=1S/C4H5FN2O2S/c1-7-4(2-3-6-7)10(5,8)9/h2-3H,1H3. The van der Waals surface area contributed by atoms with Crippen molar-refractivity contribution in [1.82, 2.24) is 9.78 Å². The lowest BCUT2D eigenvalue weighted by atomic mass is 10.7. The maximum absolute atomic E-state index is 12.1. The Morgan fingerprint density at radius 3 is 2.50 bits per heavy atom. The van der Waals surface area contributed by atoms with E-state index in [4.69, 9.17) is 0 Å². The summed E-state index contributed by atoms with van der Waals surface area (Å²) in [5.41, 5.74) is 0. The topological polar surface area (TPSA) is 52.0 Å². The molecular formula is C4H5FN2O2S. The molecule has 0 saturated carbocycles. The Kier molecular flexibility index (Phi) is 1.47. The van der Waals surface area contributed by atoms with Crippen LogP contribution in [0.2, 0.25) is 0 Å². The minimum Gasteiger partial charge on any atom is -0.255 e. The molecule has 4 nitrogen and oxygen atoms in total. The second-order valence-electron chi connectivity index (χ2n) is 1.73. The fourth-order valence-electron chi connectivity index (χ4n) is 0.601. The molecule has 6 heteroatoms. The summed E-state index contributed by atoms with van der Waals surface area (Å²) < 4.78 is 33.5. The lowest BCUT2D eigenvalue weighted by molar-refractivity contribution is 0.534. The average Bonchev–Trinajstić information content (AvgIpc) is 2.11. The molecule has 0 N–H and O–H groups in total. The van der Waals surface area contributed by atoms with Crippen molar-refractivity contribution in [2.75, 3.05) is 0 Å². The molecule has 1 heterocycles. The zero-order valence-corrected chi connectivity index (χ0v) is 5.97. The first-order valence-electron chi connectivity index (χ1n) is 2.44. The smallest absolute Gasteiger partial charge is 0.255 e. The van der Waals surface area contributed by atoms with Crippen LogP contribution in [0.3, 0.4) is 0 Å². The zero-order valence-electron chi connectivity index (χ0n) is 5.15. The maximum Gasteiger partial charge on any atom is 0.349 e. The van der Waals surface area contributed by atoms with Gasteiger partial charge in [-0.3, -0.25) is 4.68 Å². The van der Waals surface area contributed by atoms with Gasteiger partial charge in [-0.15, -0.1) is 0 Å². The van der Waals surface area contributed by atoms with Gasteiger partial charge in [0.2, 0.25) is 0 Å². The van der Waals surface area contributed by atoms with Gasteiger partial charge in [0.25, 0.3) is 0 Å². The van der Waals surface area contributed by atoms with Crippen molar-refractivity contribution in [3.8, 4) is 0 Å². The molecule has 0 amide bonds. The minimum absolute atomic E-state index is 0.424. The van der Waals surface area contributed by atoms with Crippen LogP contribution in [0, 0.1) is 0 Å². The molecule has 1 aromatic rings. The highest BCUT2D eigenvalue weighted by Crippen LogP contribution is 2.08. The number of aryl methyl sites for hydroxylation is 1. The van der Waals surface area contributed by atoms with Crippen LogP contribution in [-0.4, -0.2) is 18.2 Å². The molecule has 1 rings (SSSR count). The molecule has 56 valence electrons. The predicted molar refractivity (Wildman–Crippen MR) is 31.5 cm³/mol. The van der Waals surface area contributed by atoms with E-state index in [2.05, 4.69) is 5.10 Å². The summed E-state index contributed by atoms with van der Waals surface area (Å²) in [6.07, 6.45) is 1.21. The summed E-state index contributed by atoms with van der Waals surface area (Å²) in [7, 11) is -3.24. The molecule has 0 saturated heterocycles. The first kappa shape index (κ1) is 7.20. The van der Waals surface area contributed by atoms with E-state index in [1.165, 1.54) is 13.2 Å². The Hall–Kier alpha value is -0.910. The van der Waals surface area contributed by atoms with Crippen LogP contribution < -0.4 is 0 Å². The van der Waals surface area contributed by atoms with Crippen LogP contribution >= 0.6 is 0 Å².